The van der Waals surface area contributed by atoms with E-state index in [4.69, 9.17) is 11.6 Å². The third-order valence-corrected chi connectivity index (χ3v) is 1.99. The van der Waals surface area contributed by atoms with Crippen molar-refractivity contribution in [2.45, 2.75) is 0 Å². The second kappa shape index (κ2) is 2.17. The summed E-state index contributed by atoms with van der Waals surface area (Å²) in [6.07, 6.45) is 1.69. The number of fused-ring (bicyclic) bond motifs is 1. The number of aromatic amines is 1. The van der Waals surface area contributed by atoms with Gasteiger partial charge in [0.2, 0.25) is 0 Å². The summed E-state index contributed by atoms with van der Waals surface area (Å²) in [6, 6.07) is 5.41. The highest BCUT2D eigenvalue weighted by molar-refractivity contribution is 6.35. The maximum atomic E-state index is 9.22. The molecule has 0 bridgehead atoms. The van der Waals surface area contributed by atoms with Gasteiger partial charge >= 0.3 is 0 Å². The van der Waals surface area contributed by atoms with Crippen LogP contribution in [-0.4, -0.2) is 10.1 Å². The van der Waals surface area contributed by atoms with Crippen molar-refractivity contribution in [2.75, 3.05) is 0 Å². The molecule has 2 N–H and O–H groups in total. The van der Waals surface area contributed by atoms with E-state index in [1.807, 2.05) is 6.07 Å². The van der Waals surface area contributed by atoms with E-state index in [1.165, 1.54) is 0 Å². The van der Waals surface area contributed by atoms with Gasteiger partial charge in [0.1, 0.15) is 0 Å². The number of benzene rings is 1. The van der Waals surface area contributed by atoms with Gasteiger partial charge < -0.3 is 10.1 Å². The number of aromatic nitrogens is 1. The van der Waals surface area contributed by atoms with Gasteiger partial charge in [-0.15, -0.1) is 0 Å². The smallest absolute Gasteiger partial charge is 0.196 e. The number of halogens is 1. The number of hydrogen-bond donors (Lipinski definition) is 2. The van der Waals surface area contributed by atoms with Crippen molar-refractivity contribution in [2.24, 2.45) is 0 Å². The number of nitrogens with one attached hydrogen (secondary N) is 1. The molecular formula is C8H6ClNO. The second-order valence-corrected chi connectivity index (χ2v) is 2.75. The van der Waals surface area contributed by atoms with Crippen LogP contribution in [0.15, 0.2) is 24.4 Å². The molecule has 1 aromatic heterocycles. The molecule has 1 aromatic carbocycles. The first kappa shape index (κ1) is 6.55. The van der Waals surface area contributed by atoms with E-state index >= 15 is 0 Å². The summed E-state index contributed by atoms with van der Waals surface area (Å²) in [5, 5.41) is 11.5. The molecule has 56 valence electrons. The molecule has 0 fully saturated rings. The molecule has 0 atom stereocenters. The van der Waals surface area contributed by atoms with E-state index in [-0.39, 0.29) is 5.88 Å². The topological polar surface area (TPSA) is 36.0 Å². The van der Waals surface area contributed by atoms with Crippen LogP contribution in [0.2, 0.25) is 5.02 Å². The van der Waals surface area contributed by atoms with Crippen LogP contribution in [0.3, 0.4) is 0 Å². The minimum atomic E-state index is 0.169. The molecule has 2 aromatic rings. The average molecular weight is 168 g/mol. The van der Waals surface area contributed by atoms with E-state index in [0.717, 1.165) is 10.8 Å². The number of H-pyrrole nitrogens is 1. The SMILES string of the molecule is Oc1[nH]cc2c(Cl)cccc12. The lowest BCUT2D eigenvalue weighted by Gasteiger charge is -1.90. The van der Waals surface area contributed by atoms with E-state index in [2.05, 4.69) is 4.98 Å². The van der Waals surface area contributed by atoms with Crippen molar-refractivity contribution in [1.29, 1.82) is 0 Å². The molecular weight excluding hydrogens is 162 g/mol. The van der Waals surface area contributed by atoms with Gasteiger partial charge in [-0.1, -0.05) is 17.7 Å². The third-order valence-electron chi connectivity index (χ3n) is 1.66. The minimum Gasteiger partial charge on any atom is -0.494 e. The normalized spacial score (nSPS) is 10.6. The Hall–Kier alpha value is -1.15. The molecule has 0 amide bonds. The van der Waals surface area contributed by atoms with Crippen LogP contribution in [0, 0.1) is 0 Å². The summed E-state index contributed by atoms with van der Waals surface area (Å²) in [5.74, 6) is 0.169. The van der Waals surface area contributed by atoms with Gasteiger partial charge in [0.25, 0.3) is 0 Å². The Bertz CT molecular complexity index is 394. The van der Waals surface area contributed by atoms with Crippen LogP contribution in [0.1, 0.15) is 0 Å². The summed E-state index contributed by atoms with van der Waals surface area (Å²) < 4.78 is 0. The molecule has 1 heterocycles. The second-order valence-electron chi connectivity index (χ2n) is 2.34. The Morgan fingerprint density at radius 3 is 2.82 bits per heavy atom. The maximum absolute atomic E-state index is 9.22. The molecule has 0 unspecified atom stereocenters. The van der Waals surface area contributed by atoms with Gasteiger partial charge in [0.05, 0.1) is 5.02 Å². The standard InChI is InChI=1S/C8H6ClNO/c9-7-3-1-2-5-6(7)4-10-8(5)11/h1-4,10-11H. The summed E-state index contributed by atoms with van der Waals surface area (Å²) in [6.45, 7) is 0. The molecule has 3 heteroatoms. The van der Waals surface area contributed by atoms with Gasteiger partial charge in [-0.05, 0) is 12.1 Å². The number of rotatable bonds is 0. The van der Waals surface area contributed by atoms with Crippen molar-refractivity contribution in [1.82, 2.24) is 4.98 Å². The largest absolute Gasteiger partial charge is 0.494 e. The van der Waals surface area contributed by atoms with Crippen LogP contribution in [-0.2, 0) is 0 Å². The Balaban J connectivity index is 2.94. The monoisotopic (exact) mass is 167 g/mol. The fraction of sp³-hybridized carbons (Fsp3) is 0. The van der Waals surface area contributed by atoms with Gasteiger partial charge in [-0.25, -0.2) is 0 Å². The van der Waals surface area contributed by atoms with Crippen LogP contribution >= 0.6 is 11.6 Å². The average Bonchev–Trinajstić information content (AvgIpc) is 2.35. The highest BCUT2D eigenvalue weighted by Gasteiger charge is 2.02. The lowest BCUT2D eigenvalue weighted by Crippen LogP contribution is -1.65. The molecule has 0 aliphatic carbocycles. The van der Waals surface area contributed by atoms with E-state index in [9.17, 15) is 5.11 Å². The lowest BCUT2D eigenvalue weighted by molar-refractivity contribution is 0.462. The van der Waals surface area contributed by atoms with Crippen molar-refractivity contribution < 1.29 is 5.11 Å². The zero-order chi connectivity index (χ0) is 7.84. The summed E-state index contributed by atoms with van der Waals surface area (Å²) >= 11 is 5.84. The molecule has 2 nitrogen and oxygen atoms in total. The zero-order valence-electron chi connectivity index (χ0n) is 5.63. The molecule has 0 radical (unpaired) electrons. The summed E-state index contributed by atoms with van der Waals surface area (Å²) in [5.41, 5.74) is 0. The van der Waals surface area contributed by atoms with Crippen molar-refractivity contribution >= 4 is 22.4 Å². The molecule has 2 rings (SSSR count). The number of aromatic hydroxyl groups is 1. The van der Waals surface area contributed by atoms with Gasteiger partial charge in [0, 0.05) is 17.0 Å². The Labute approximate surface area is 68.4 Å². The molecule has 0 aliphatic heterocycles. The predicted molar refractivity (Wildman–Crippen MR) is 45.0 cm³/mol. The highest BCUT2D eigenvalue weighted by atomic mass is 35.5. The van der Waals surface area contributed by atoms with E-state index in [0.29, 0.717) is 5.02 Å². The van der Waals surface area contributed by atoms with E-state index < -0.39 is 0 Å². The van der Waals surface area contributed by atoms with Gasteiger partial charge in [-0.2, -0.15) is 0 Å². The summed E-state index contributed by atoms with van der Waals surface area (Å²) in [4.78, 5) is 2.69. The Kier molecular flexibility index (Phi) is 1.29. The predicted octanol–water partition coefficient (Wildman–Crippen LogP) is 2.53. The quantitative estimate of drug-likeness (QED) is 0.622. The first-order chi connectivity index (χ1) is 5.29. The molecule has 11 heavy (non-hydrogen) atoms. The lowest BCUT2D eigenvalue weighted by atomic mass is 10.2. The van der Waals surface area contributed by atoms with Crippen molar-refractivity contribution in [3.8, 4) is 5.88 Å². The van der Waals surface area contributed by atoms with Crippen molar-refractivity contribution in [3.05, 3.63) is 29.4 Å². The van der Waals surface area contributed by atoms with Gasteiger partial charge in [-0.3, -0.25) is 0 Å². The molecule has 0 spiro atoms. The Morgan fingerprint density at radius 1 is 1.27 bits per heavy atom. The summed E-state index contributed by atoms with van der Waals surface area (Å²) in [7, 11) is 0. The van der Waals surface area contributed by atoms with E-state index in [1.54, 1.807) is 18.3 Å². The third kappa shape index (κ3) is 0.870. The van der Waals surface area contributed by atoms with Crippen molar-refractivity contribution in [3.63, 3.8) is 0 Å². The zero-order valence-corrected chi connectivity index (χ0v) is 6.39. The van der Waals surface area contributed by atoms with Crippen LogP contribution < -0.4 is 0 Å². The maximum Gasteiger partial charge on any atom is 0.196 e. The minimum absolute atomic E-state index is 0.169. The first-order valence-electron chi connectivity index (χ1n) is 3.23. The highest BCUT2D eigenvalue weighted by Crippen LogP contribution is 2.28. The molecule has 0 aliphatic rings. The molecule has 0 saturated carbocycles. The van der Waals surface area contributed by atoms with Crippen LogP contribution in [0.5, 0.6) is 5.88 Å². The first-order valence-corrected chi connectivity index (χ1v) is 3.61. The molecule has 0 saturated heterocycles. The fourth-order valence-corrected chi connectivity index (χ4v) is 1.34. The number of hydrogen-bond acceptors (Lipinski definition) is 1. The Morgan fingerprint density at radius 2 is 2.09 bits per heavy atom. The van der Waals surface area contributed by atoms with Gasteiger partial charge in [0.15, 0.2) is 5.88 Å². The van der Waals surface area contributed by atoms with Crippen LogP contribution in [0.4, 0.5) is 0 Å². The van der Waals surface area contributed by atoms with Crippen LogP contribution in [0.25, 0.3) is 10.8 Å². The fourth-order valence-electron chi connectivity index (χ4n) is 1.11.